The molecule has 20 heavy (non-hydrogen) atoms. The fourth-order valence-corrected chi connectivity index (χ4v) is 2.69. The molecule has 0 amide bonds. The molecule has 2 aromatic rings. The Kier molecular flexibility index (Phi) is 3.74. The van der Waals surface area contributed by atoms with Gasteiger partial charge in [-0.3, -0.25) is 9.35 Å². The predicted octanol–water partition coefficient (Wildman–Crippen LogP) is 2.78. The van der Waals surface area contributed by atoms with Crippen LogP contribution < -0.4 is 0 Å². The molecule has 0 radical (unpaired) electrons. The van der Waals surface area contributed by atoms with E-state index >= 15 is 0 Å². The van der Waals surface area contributed by atoms with Crippen LogP contribution in [0.3, 0.4) is 0 Å². The summed E-state index contributed by atoms with van der Waals surface area (Å²) in [4.78, 5) is 12.1. The molecule has 0 aliphatic carbocycles. The molecule has 4 nitrogen and oxygen atoms in total. The lowest BCUT2D eigenvalue weighted by atomic mass is 9.98. The smallest absolute Gasteiger partial charge is 0.289 e. The van der Waals surface area contributed by atoms with E-state index in [1.807, 2.05) is 0 Å². The molecule has 0 saturated carbocycles. The summed E-state index contributed by atoms with van der Waals surface area (Å²) in [6, 6.07) is 11.2. The van der Waals surface area contributed by atoms with Crippen molar-refractivity contribution in [2.75, 3.05) is 0 Å². The van der Waals surface area contributed by atoms with Gasteiger partial charge < -0.3 is 0 Å². The summed E-state index contributed by atoms with van der Waals surface area (Å²) < 4.78 is 32.0. The monoisotopic (exact) mass is 290 g/mol. The molecular formula is C15H14O4S. The maximum atomic E-state index is 12.5. The third kappa shape index (κ3) is 2.79. The first-order valence-electron chi connectivity index (χ1n) is 5.99. The van der Waals surface area contributed by atoms with Gasteiger partial charge in [0, 0.05) is 11.1 Å². The maximum Gasteiger partial charge on any atom is 0.295 e. The molecule has 0 bridgehead atoms. The van der Waals surface area contributed by atoms with E-state index in [9.17, 15) is 17.8 Å². The number of ketones is 1. The molecule has 0 heterocycles. The fourth-order valence-electron chi connectivity index (χ4n) is 2.02. The molecular weight excluding hydrogens is 276 g/mol. The summed E-state index contributed by atoms with van der Waals surface area (Å²) in [7, 11) is -4.44. The van der Waals surface area contributed by atoms with E-state index in [1.165, 1.54) is 18.2 Å². The number of carbonyl (C=O) groups is 1. The van der Waals surface area contributed by atoms with Gasteiger partial charge in [-0.2, -0.15) is 8.42 Å². The second-order valence-electron chi connectivity index (χ2n) is 4.62. The highest BCUT2D eigenvalue weighted by Gasteiger charge is 2.22. The van der Waals surface area contributed by atoms with Crippen LogP contribution in [0.2, 0.25) is 0 Å². The first-order valence-corrected chi connectivity index (χ1v) is 7.43. The third-order valence-electron chi connectivity index (χ3n) is 3.05. The molecule has 104 valence electrons. The Hall–Kier alpha value is -1.98. The normalized spacial score (nSPS) is 11.3. The number of carbonyl (C=O) groups excluding carboxylic acids is 1. The molecule has 0 saturated heterocycles. The summed E-state index contributed by atoms with van der Waals surface area (Å²) in [5, 5.41) is 0. The number of benzene rings is 2. The lowest BCUT2D eigenvalue weighted by Gasteiger charge is -2.09. The van der Waals surface area contributed by atoms with E-state index in [0.717, 1.165) is 11.1 Å². The van der Waals surface area contributed by atoms with Crippen LogP contribution in [0, 0.1) is 13.8 Å². The Labute approximate surface area is 117 Å². The van der Waals surface area contributed by atoms with Gasteiger partial charge in [-0.05, 0) is 31.5 Å². The lowest BCUT2D eigenvalue weighted by molar-refractivity contribution is 0.103. The molecule has 1 N–H and O–H groups in total. The third-order valence-corrected chi connectivity index (χ3v) is 3.96. The van der Waals surface area contributed by atoms with E-state index in [0.29, 0.717) is 5.56 Å². The van der Waals surface area contributed by atoms with Crippen LogP contribution >= 0.6 is 0 Å². The molecule has 2 aromatic carbocycles. The molecule has 0 aliphatic heterocycles. The average Bonchev–Trinajstić information content (AvgIpc) is 2.37. The van der Waals surface area contributed by atoms with Crippen LogP contribution in [0.4, 0.5) is 0 Å². The molecule has 0 atom stereocenters. The van der Waals surface area contributed by atoms with Gasteiger partial charge in [-0.25, -0.2) is 0 Å². The molecule has 0 aliphatic rings. The Morgan fingerprint density at radius 3 is 2.25 bits per heavy atom. The SMILES string of the molecule is Cc1ccc(S(=O)(=O)O)c(C(=O)c2ccccc2C)c1. The molecule has 5 heteroatoms. The van der Waals surface area contributed by atoms with E-state index < -0.39 is 15.9 Å². The largest absolute Gasteiger partial charge is 0.295 e. The molecule has 0 aromatic heterocycles. The van der Waals surface area contributed by atoms with Gasteiger partial charge in [0.2, 0.25) is 0 Å². The van der Waals surface area contributed by atoms with Crippen molar-refractivity contribution in [2.24, 2.45) is 0 Å². The van der Waals surface area contributed by atoms with Crippen LogP contribution in [0.25, 0.3) is 0 Å². The minimum atomic E-state index is -4.44. The van der Waals surface area contributed by atoms with Crippen LogP contribution in [-0.4, -0.2) is 18.8 Å². The summed E-state index contributed by atoms with van der Waals surface area (Å²) in [5.41, 5.74) is 1.90. The van der Waals surface area contributed by atoms with Gasteiger partial charge in [-0.15, -0.1) is 0 Å². The number of aryl methyl sites for hydroxylation is 2. The van der Waals surface area contributed by atoms with Crippen LogP contribution in [0.1, 0.15) is 27.0 Å². The van der Waals surface area contributed by atoms with Crippen molar-refractivity contribution in [3.05, 3.63) is 64.7 Å². The van der Waals surface area contributed by atoms with Crippen molar-refractivity contribution in [1.82, 2.24) is 0 Å². The van der Waals surface area contributed by atoms with E-state index in [2.05, 4.69) is 0 Å². The predicted molar refractivity (Wildman–Crippen MR) is 75.6 cm³/mol. The first-order chi connectivity index (χ1) is 9.30. The highest BCUT2D eigenvalue weighted by molar-refractivity contribution is 7.86. The Morgan fingerprint density at radius 2 is 1.65 bits per heavy atom. The van der Waals surface area contributed by atoms with Crippen molar-refractivity contribution in [1.29, 1.82) is 0 Å². The average molecular weight is 290 g/mol. The first kappa shape index (κ1) is 14.4. The second kappa shape index (κ2) is 5.19. The Morgan fingerprint density at radius 1 is 1.00 bits per heavy atom. The quantitative estimate of drug-likeness (QED) is 0.697. The van der Waals surface area contributed by atoms with Crippen molar-refractivity contribution < 1.29 is 17.8 Å². The van der Waals surface area contributed by atoms with Crippen molar-refractivity contribution in [3.63, 3.8) is 0 Å². The van der Waals surface area contributed by atoms with Crippen molar-refractivity contribution >= 4 is 15.9 Å². The fraction of sp³-hybridized carbons (Fsp3) is 0.133. The van der Waals surface area contributed by atoms with Crippen LogP contribution in [0.5, 0.6) is 0 Å². The lowest BCUT2D eigenvalue weighted by Crippen LogP contribution is -2.11. The minimum Gasteiger partial charge on any atom is -0.289 e. The zero-order valence-corrected chi connectivity index (χ0v) is 11.9. The zero-order chi connectivity index (χ0) is 14.9. The second-order valence-corrected chi connectivity index (χ2v) is 6.01. The molecule has 2 rings (SSSR count). The van der Waals surface area contributed by atoms with Gasteiger partial charge in [-0.1, -0.05) is 35.9 Å². The van der Waals surface area contributed by atoms with Gasteiger partial charge in [0.15, 0.2) is 5.78 Å². The Bertz CT molecular complexity index is 776. The summed E-state index contributed by atoms with van der Waals surface area (Å²) in [5.74, 6) is -0.417. The summed E-state index contributed by atoms with van der Waals surface area (Å²) in [6.07, 6.45) is 0. The van der Waals surface area contributed by atoms with Crippen molar-refractivity contribution in [2.45, 2.75) is 18.7 Å². The highest BCUT2D eigenvalue weighted by atomic mass is 32.2. The number of hydrogen-bond donors (Lipinski definition) is 1. The zero-order valence-electron chi connectivity index (χ0n) is 11.1. The standard InChI is InChI=1S/C15H14O4S/c1-10-7-8-14(20(17,18)19)13(9-10)15(16)12-6-4-3-5-11(12)2/h3-9H,1-2H3,(H,17,18,19). The molecule has 0 fully saturated rings. The maximum absolute atomic E-state index is 12.5. The van der Waals surface area contributed by atoms with E-state index in [4.69, 9.17) is 0 Å². The minimum absolute atomic E-state index is 0.0122. The van der Waals surface area contributed by atoms with E-state index in [-0.39, 0.29) is 10.5 Å². The topological polar surface area (TPSA) is 71.4 Å². The molecule has 0 unspecified atom stereocenters. The highest BCUT2D eigenvalue weighted by Crippen LogP contribution is 2.22. The Balaban J connectivity index is 2.67. The van der Waals surface area contributed by atoms with Gasteiger partial charge >= 0.3 is 0 Å². The molecule has 0 spiro atoms. The van der Waals surface area contributed by atoms with Gasteiger partial charge in [0.25, 0.3) is 10.1 Å². The van der Waals surface area contributed by atoms with Gasteiger partial charge in [0.1, 0.15) is 4.90 Å². The van der Waals surface area contributed by atoms with E-state index in [1.54, 1.807) is 38.1 Å². The summed E-state index contributed by atoms with van der Waals surface area (Å²) >= 11 is 0. The van der Waals surface area contributed by atoms with Gasteiger partial charge in [0.05, 0.1) is 0 Å². The van der Waals surface area contributed by atoms with Crippen LogP contribution in [0.15, 0.2) is 47.4 Å². The number of hydrogen-bond acceptors (Lipinski definition) is 3. The number of rotatable bonds is 3. The van der Waals surface area contributed by atoms with Crippen LogP contribution in [-0.2, 0) is 10.1 Å². The summed E-state index contributed by atoms with van der Waals surface area (Å²) in [6.45, 7) is 3.53. The van der Waals surface area contributed by atoms with Crippen molar-refractivity contribution in [3.8, 4) is 0 Å².